The minimum Gasteiger partial charge on any atom is -0.252 e. The van der Waals surface area contributed by atoms with Gasteiger partial charge in [-0.05, 0) is 61.6 Å². The molecule has 1 heterocycles. The zero-order chi connectivity index (χ0) is 15.9. The number of aromatic nitrogens is 2. The van der Waals surface area contributed by atoms with Gasteiger partial charge in [0.2, 0.25) is 0 Å². The van der Waals surface area contributed by atoms with Gasteiger partial charge in [-0.1, -0.05) is 31.5 Å². The van der Waals surface area contributed by atoms with Gasteiger partial charge in [0.25, 0.3) is 0 Å². The summed E-state index contributed by atoms with van der Waals surface area (Å²) in [5.74, 6) is 0.498. The molecule has 22 heavy (non-hydrogen) atoms. The van der Waals surface area contributed by atoms with E-state index < -0.39 is 0 Å². The van der Waals surface area contributed by atoms with Crippen molar-refractivity contribution in [1.82, 2.24) is 9.97 Å². The highest BCUT2D eigenvalue weighted by molar-refractivity contribution is 5.78. The first-order chi connectivity index (χ1) is 10.5. The van der Waals surface area contributed by atoms with Crippen LogP contribution in [0, 0.1) is 20.8 Å². The van der Waals surface area contributed by atoms with Crippen LogP contribution in [0.3, 0.4) is 0 Å². The first-order valence-corrected chi connectivity index (χ1v) is 7.80. The minimum absolute atomic E-state index is 0.498. The zero-order valence-corrected chi connectivity index (χ0v) is 13.9. The van der Waals surface area contributed by atoms with Crippen LogP contribution in [0.1, 0.15) is 42.0 Å². The van der Waals surface area contributed by atoms with Crippen molar-refractivity contribution in [3.05, 3.63) is 58.8 Å². The van der Waals surface area contributed by atoms with Crippen LogP contribution >= 0.6 is 0 Å². The maximum absolute atomic E-state index is 4.87. The predicted molar refractivity (Wildman–Crippen MR) is 93.3 cm³/mol. The van der Waals surface area contributed by atoms with Gasteiger partial charge in [0.05, 0.1) is 22.9 Å². The molecule has 0 saturated heterocycles. The van der Waals surface area contributed by atoms with Crippen molar-refractivity contribution >= 4 is 11.0 Å². The van der Waals surface area contributed by atoms with Crippen molar-refractivity contribution in [3.63, 3.8) is 0 Å². The van der Waals surface area contributed by atoms with Crippen molar-refractivity contribution in [1.29, 1.82) is 0 Å². The molecule has 2 nitrogen and oxygen atoms in total. The van der Waals surface area contributed by atoms with Crippen LogP contribution in [0.5, 0.6) is 0 Å². The lowest BCUT2D eigenvalue weighted by Gasteiger charge is -2.11. The van der Waals surface area contributed by atoms with Gasteiger partial charge >= 0.3 is 0 Å². The summed E-state index contributed by atoms with van der Waals surface area (Å²) in [6.07, 6.45) is 1.89. The Morgan fingerprint density at radius 1 is 0.909 bits per heavy atom. The smallest absolute Gasteiger partial charge is 0.0897 e. The molecular formula is C20H22N2. The van der Waals surface area contributed by atoms with E-state index in [1.54, 1.807) is 0 Å². The number of fused-ring (bicyclic) bond motifs is 1. The summed E-state index contributed by atoms with van der Waals surface area (Å²) in [6, 6.07) is 10.8. The lowest BCUT2D eigenvalue weighted by Crippen LogP contribution is -1.95. The van der Waals surface area contributed by atoms with Crippen LogP contribution in [0.2, 0.25) is 0 Å². The number of nitrogens with zero attached hydrogens (tertiary/aromatic N) is 2. The first kappa shape index (κ1) is 14.7. The lowest BCUT2D eigenvalue weighted by atomic mass is 9.98. The molecule has 0 atom stereocenters. The number of hydrogen-bond donors (Lipinski definition) is 0. The second-order valence-electron chi connectivity index (χ2n) is 6.41. The Bertz CT molecular complexity index is 848. The highest BCUT2D eigenvalue weighted by Gasteiger charge is 2.09. The van der Waals surface area contributed by atoms with Crippen molar-refractivity contribution in [2.24, 2.45) is 0 Å². The third-order valence-corrected chi connectivity index (χ3v) is 4.32. The van der Waals surface area contributed by atoms with Crippen LogP contribution in [-0.4, -0.2) is 9.97 Å². The average molecular weight is 290 g/mol. The maximum atomic E-state index is 4.87. The molecule has 0 aliphatic rings. The molecule has 0 aliphatic carbocycles. The van der Waals surface area contributed by atoms with Crippen LogP contribution < -0.4 is 0 Å². The summed E-state index contributed by atoms with van der Waals surface area (Å²) in [7, 11) is 0. The van der Waals surface area contributed by atoms with Crippen LogP contribution in [-0.2, 0) is 0 Å². The SMILES string of the molecule is Cc1cc(C)c(C)c(-c2cnc3ccc(C(C)C)cc3n2)c1. The largest absolute Gasteiger partial charge is 0.252 e. The fourth-order valence-electron chi connectivity index (χ4n) is 2.82. The van der Waals surface area contributed by atoms with Gasteiger partial charge in [0, 0.05) is 5.56 Å². The number of hydrogen-bond acceptors (Lipinski definition) is 2. The Morgan fingerprint density at radius 2 is 1.68 bits per heavy atom. The summed E-state index contributed by atoms with van der Waals surface area (Å²) >= 11 is 0. The molecule has 0 N–H and O–H groups in total. The Labute approximate surface area is 132 Å². The molecule has 0 amide bonds. The fourth-order valence-corrected chi connectivity index (χ4v) is 2.82. The highest BCUT2D eigenvalue weighted by Crippen LogP contribution is 2.27. The molecule has 3 rings (SSSR count). The first-order valence-electron chi connectivity index (χ1n) is 7.80. The Kier molecular flexibility index (Phi) is 3.69. The second kappa shape index (κ2) is 5.53. The van der Waals surface area contributed by atoms with Gasteiger partial charge < -0.3 is 0 Å². The zero-order valence-electron chi connectivity index (χ0n) is 13.9. The van der Waals surface area contributed by atoms with E-state index in [9.17, 15) is 0 Å². The summed E-state index contributed by atoms with van der Waals surface area (Å²) < 4.78 is 0. The van der Waals surface area contributed by atoms with Gasteiger partial charge in [-0.3, -0.25) is 4.98 Å². The van der Waals surface area contributed by atoms with Crippen molar-refractivity contribution in [2.45, 2.75) is 40.5 Å². The topological polar surface area (TPSA) is 25.8 Å². The molecule has 0 fully saturated rings. The van der Waals surface area contributed by atoms with Gasteiger partial charge in [-0.15, -0.1) is 0 Å². The molecule has 112 valence electrons. The third kappa shape index (κ3) is 2.61. The molecule has 2 aromatic carbocycles. The van der Waals surface area contributed by atoms with E-state index in [4.69, 9.17) is 4.98 Å². The van der Waals surface area contributed by atoms with E-state index >= 15 is 0 Å². The van der Waals surface area contributed by atoms with E-state index in [1.165, 1.54) is 27.8 Å². The average Bonchev–Trinajstić information content (AvgIpc) is 2.49. The lowest BCUT2D eigenvalue weighted by molar-refractivity contribution is 0.868. The van der Waals surface area contributed by atoms with Crippen LogP contribution in [0.4, 0.5) is 0 Å². The Hall–Kier alpha value is -2.22. The summed E-state index contributed by atoms with van der Waals surface area (Å²) in [5, 5.41) is 0. The van der Waals surface area contributed by atoms with E-state index in [0.717, 1.165) is 16.7 Å². The molecular weight excluding hydrogens is 268 g/mol. The van der Waals surface area contributed by atoms with E-state index in [1.807, 2.05) is 6.20 Å². The van der Waals surface area contributed by atoms with Gasteiger partial charge in [0.15, 0.2) is 0 Å². The Balaban J connectivity index is 2.20. The summed E-state index contributed by atoms with van der Waals surface area (Å²) in [5.41, 5.74) is 9.20. The predicted octanol–water partition coefficient (Wildman–Crippen LogP) is 5.35. The quantitative estimate of drug-likeness (QED) is 0.636. The van der Waals surface area contributed by atoms with Crippen LogP contribution in [0.25, 0.3) is 22.3 Å². The van der Waals surface area contributed by atoms with E-state index in [0.29, 0.717) is 5.92 Å². The normalized spacial score (nSPS) is 11.4. The maximum Gasteiger partial charge on any atom is 0.0897 e. The second-order valence-corrected chi connectivity index (χ2v) is 6.41. The Morgan fingerprint density at radius 3 is 2.41 bits per heavy atom. The number of benzene rings is 2. The van der Waals surface area contributed by atoms with Crippen LogP contribution in [0.15, 0.2) is 36.5 Å². The van der Waals surface area contributed by atoms with Gasteiger partial charge in [-0.25, -0.2) is 4.98 Å². The standard InChI is InChI=1S/C20H22N2/c1-12(2)16-6-7-18-19(10-16)22-20(11-21-18)17-9-13(3)8-14(4)15(17)5/h6-12H,1-5H3. The molecule has 2 heteroatoms. The summed E-state index contributed by atoms with van der Waals surface area (Å²) in [4.78, 5) is 9.47. The molecule has 3 aromatic rings. The highest BCUT2D eigenvalue weighted by atomic mass is 14.8. The molecule has 0 spiro atoms. The van der Waals surface area contributed by atoms with E-state index in [-0.39, 0.29) is 0 Å². The molecule has 0 saturated carbocycles. The van der Waals surface area contributed by atoms with Gasteiger partial charge in [0.1, 0.15) is 0 Å². The molecule has 0 bridgehead atoms. The molecule has 0 radical (unpaired) electrons. The van der Waals surface area contributed by atoms with Gasteiger partial charge in [-0.2, -0.15) is 0 Å². The molecule has 1 aromatic heterocycles. The number of aryl methyl sites for hydroxylation is 2. The molecule has 0 unspecified atom stereocenters. The number of rotatable bonds is 2. The third-order valence-electron chi connectivity index (χ3n) is 4.32. The fraction of sp³-hybridized carbons (Fsp3) is 0.300. The van der Waals surface area contributed by atoms with E-state index in [2.05, 4.69) is 69.9 Å². The van der Waals surface area contributed by atoms with Crippen molar-refractivity contribution in [3.8, 4) is 11.3 Å². The summed E-state index contributed by atoms with van der Waals surface area (Å²) in [6.45, 7) is 10.8. The monoisotopic (exact) mass is 290 g/mol. The molecule has 0 aliphatic heterocycles. The van der Waals surface area contributed by atoms with Crippen molar-refractivity contribution in [2.75, 3.05) is 0 Å². The minimum atomic E-state index is 0.498. The van der Waals surface area contributed by atoms with Crippen molar-refractivity contribution < 1.29 is 0 Å².